The number of aryl methyl sites for hydroxylation is 2. The van der Waals surface area contributed by atoms with E-state index in [0.717, 1.165) is 24.6 Å². The third-order valence-electron chi connectivity index (χ3n) is 3.04. The van der Waals surface area contributed by atoms with E-state index in [1.54, 1.807) is 19.2 Å². The molecule has 1 aromatic carbocycles. The highest BCUT2D eigenvalue weighted by Gasteiger charge is 2.06. The molecule has 108 valence electrons. The van der Waals surface area contributed by atoms with E-state index in [-0.39, 0.29) is 5.82 Å². The molecular weight excluding hydrogens is 257 g/mol. The minimum absolute atomic E-state index is 0.200. The number of nitrogens with zero attached hydrogens (tertiary/aromatic N) is 2. The van der Waals surface area contributed by atoms with Crippen molar-refractivity contribution in [2.75, 3.05) is 19.0 Å². The summed E-state index contributed by atoms with van der Waals surface area (Å²) < 4.78 is 20.7. The molecular formula is C15H20FN3O. The minimum Gasteiger partial charge on any atom is -0.385 e. The Morgan fingerprint density at radius 2 is 2.15 bits per heavy atom. The summed E-state index contributed by atoms with van der Waals surface area (Å²) in [5, 5.41) is 3.19. The first-order valence-corrected chi connectivity index (χ1v) is 6.70. The lowest BCUT2D eigenvalue weighted by molar-refractivity contribution is 0.190. The van der Waals surface area contributed by atoms with Crippen LogP contribution in [0.3, 0.4) is 0 Å². The van der Waals surface area contributed by atoms with Crippen molar-refractivity contribution in [3.05, 3.63) is 47.5 Å². The van der Waals surface area contributed by atoms with Crippen LogP contribution in [-0.4, -0.2) is 23.3 Å². The number of methoxy groups -OCH3 is 1. The van der Waals surface area contributed by atoms with E-state index in [9.17, 15) is 4.39 Å². The maximum absolute atomic E-state index is 13.6. The molecule has 0 atom stereocenters. The minimum atomic E-state index is -0.200. The lowest BCUT2D eigenvalue weighted by atomic mass is 10.2. The van der Waals surface area contributed by atoms with Gasteiger partial charge in [-0.1, -0.05) is 18.2 Å². The highest BCUT2D eigenvalue weighted by atomic mass is 19.1. The van der Waals surface area contributed by atoms with Gasteiger partial charge in [0.05, 0.1) is 5.69 Å². The van der Waals surface area contributed by atoms with E-state index in [2.05, 4.69) is 10.3 Å². The normalized spacial score (nSPS) is 10.8. The van der Waals surface area contributed by atoms with Crippen LogP contribution < -0.4 is 5.32 Å². The molecule has 4 nitrogen and oxygen atoms in total. The summed E-state index contributed by atoms with van der Waals surface area (Å²) in [5.41, 5.74) is 1.58. The number of rotatable bonds is 7. The summed E-state index contributed by atoms with van der Waals surface area (Å²) in [5.74, 6) is 0.566. The van der Waals surface area contributed by atoms with Crippen molar-refractivity contribution in [2.45, 2.75) is 26.4 Å². The molecule has 0 spiro atoms. The summed E-state index contributed by atoms with van der Waals surface area (Å²) in [6.45, 7) is 3.91. The molecule has 1 heterocycles. The molecule has 2 rings (SSSR count). The third-order valence-corrected chi connectivity index (χ3v) is 3.04. The van der Waals surface area contributed by atoms with E-state index in [4.69, 9.17) is 4.74 Å². The van der Waals surface area contributed by atoms with Gasteiger partial charge in [0, 0.05) is 38.6 Å². The van der Waals surface area contributed by atoms with Crippen molar-refractivity contribution in [2.24, 2.45) is 0 Å². The molecule has 1 aromatic heterocycles. The number of benzene rings is 1. The van der Waals surface area contributed by atoms with Crippen LogP contribution in [0.25, 0.3) is 0 Å². The van der Waals surface area contributed by atoms with Crippen LogP contribution in [-0.2, 0) is 17.8 Å². The Morgan fingerprint density at radius 1 is 1.35 bits per heavy atom. The molecule has 0 unspecified atom stereocenters. The maximum Gasteiger partial charge on any atom is 0.203 e. The molecule has 0 saturated heterocycles. The summed E-state index contributed by atoms with van der Waals surface area (Å²) in [6, 6.07) is 6.76. The van der Waals surface area contributed by atoms with Gasteiger partial charge in [-0.05, 0) is 19.4 Å². The van der Waals surface area contributed by atoms with Gasteiger partial charge in [0.25, 0.3) is 0 Å². The summed E-state index contributed by atoms with van der Waals surface area (Å²) >= 11 is 0. The standard InChI is InChI=1S/C15H20FN3O/c1-12-11-19(8-5-9-20-2)15(18-12)17-10-13-6-3-4-7-14(13)16/h3-4,6-7,11H,5,8-10H2,1-2H3,(H,17,18). The van der Waals surface area contributed by atoms with E-state index < -0.39 is 0 Å². The zero-order valence-electron chi connectivity index (χ0n) is 11.9. The van der Waals surface area contributed by atoms with Crippen LogP contribution >= 0.6 is 0 Å². The zero-order valence-corrected chi connectivity index (χ0v) is 11.9. The number of aromatic nitrogens is 2. The highest BCUT2D eigenvalue weighted by Crippen LogP contribution is 2.13. The van der Waals surface area contributed by atoms with Crippen molar-refractivity contribution < 1.29 is 9.13 Å². The van der Waals surface area contributed by atoms with Gasteiger partial charge in [-0.2, -0.15) is 0 Å². The Kier molecular flexibility index (Phi) is 5.12. The van der Waals surface area contributed by atoms with E-state index >= 15 is 0 Å². The van der Waals surface area contributed by atoms with Crippen molar-refractivity contribution in [1.82, 2.24) is 9.55 Å². The molecule has 20 heavy (non-hydrogen) atoms. The fourth-order valence-corrected chi connectivity index (χ4v) is 2.05. The fourth-order valence-electron chi connectivity index (χ4n) is 2.05. The van der Waals surface area contributed by atoms with Crippen LogP contribution in [0.2, 0.25) is 0 Å². The second kappa shape index (κ2) is 7.05. The van der Waals surface area contributed by atoms with Crippen LogP contribution in [0.5, 0.6) is 0 Å². The first-order valence-electron chi connectivity index (χ1n) is 6.70. The van der Waals surface area contributed by atoms with Gasteiger partial charge in [-0.25, -0.2) is 9.37 Å². The lowest BCUT2D eigenvalue weighted by Gasteiger charge is -2.10. The first kappa shape index (κ1) is 14.5. The van der Waals surface area contributed by atoms with Crippen molar-refractivity contribution >= 4 is 5.95 Å². The molecule has 5 heteroatoms. The molecule has 0 aliphatic heterocycles. The fraction of sp³-hybridized carbons (Fsp3) is 0.400. The highest BCUT2D eigenvalue weighted by molar-refractivity contribution is 5.31. The smallest absolute Gasteiger partial charge is 0.203 e. The number of anilines is 1. The van der Waals surface area contributed by atoms with Gasteiger partial charge in [0.1, 0.15) is 5.82 Å². The summed E-state index contributed by atoms with van der Waals surface area (Å²) in [4.78, 5) is 4.42. The Balaban J connectivity index is 2.00. The number of ether oxygens (including phenoxy) is 1. The molecule has 0 radical (unpaired) electrons. The number of hydrogen-bond acceptors (Lipinski definition) is 3. The van der Waals surface area contributed by atoms with Crippen molar-refractivity contribution in [3.8, 4) is 0 Å². The van der Waals surface area contributed by atoms with Crippen molar-refractivity contribution in [1.29, 1.82) is 0 Å². The largest absolute Gasteiger partial charge is 0.385 e. The van der Waals surface area contributed by atoms with E-state index in [0.29, 0.717) is 18.7 Å². The molecule has 0 amide bonds. The number of halogens is 1. The second-order valence-corrected chi connectivity index (χ2v) is 4.69. The van der Waals surface area contributed by atoms with Crippen LogP contribution in [0.4, 0.5) is 10.3 Å². The number of imidazole rings is 1. The molecule has 0 fully saturated rings. The third kappa shape index (κ3) is 3.81. The maximum atomic E-state index is 13.6. The predicted molar refractivity (Wildman–Crippen MR) is 77.2 cm³/mol. The average Bonchev–Trinajstić information content (AvgIpc) is 2.78. The molecule has 0 aliphatic carbocycles. The van der Waals surface area contributed by atoms with Gasteiger partial charge in [0.2, 0.25) is 5.95 Å². The van der Waals surface area contributed by atoms with E-state index in [1.807, 2.05) is 23.8 Å². The topological polar surface area (TPSA) is 39.1 Å². The van der Waals surface area contributed by atoms with Crippen molar-refractivity contribution in [3.63, 3.8) is 0 Å². The number of nitrogens with one attached hydrogen (secondary N) is 1. The zero-order chi connectivity index (χ0) is 14.4. The second-order valence-electron chi connectivity index (χ2n) is 4.69. The summed E-state index contributed by atoms with van der Waals surface area (Å²) in [7, 11) is 1.69. The van der Waals surface area contributed by atoms with Crippen LogP contribution in [0, 0.1) is 12.7 Å². The summed E-state index contributed by atoms with van der Waals surface area (Å²) in [6.07, 6.45) is 2.90. The Labute approximate surface area is 118 Å². The lowest BCUT2D eigenvalue weighted by Crippen LogP contribution is -2.09. The van der Waals surface area contributed by atoms with Crippen LogP contribution in [0.1, 0.15) is 17.7 Å². The van der Waals surface area contributed by atoms with Gasteiger partial charge in [-0.15, -0.1) is 0 Å². The molecule has 0 saturated carbocycles. The molecule has 0 aliphatic rings. The average molecular weight is 277 g/mol. The molecule has 2 aromatic rings. The molecule has 0 bridgehead atoms. The van der Waals surface area contributed by atoms with Gasteiger partial charge in [-0.3, -0.25) is 0 Å². The van der Waals surface area contributed by atoms with Crippen LogP contribution in [0.15, 0.2) is 30.5 Å². The molecule has 1 N–H and O–H groups in total. The van der Waals surface area contributed by atoms with E-state index in [1.165, 1.54) is 6.07 Å². The monoisotopic (exact) mass is 277 g/mol. The number of hydrogen-bond donors (Lipinski definition) is 1. The Bertz CT molecular complexity index is 554. The first-order chi connectivity index (χ1) is 9.70. The Morgan fingerprint density at radius 3 is 2.90 bits per heavy atom. The Hall–Kier alpha value is -1.88. The SMILES string of the molecule is COCCCn1cc(C)nc1NCc1ccccc1F. The quantitative estimate of drug-likeness (QED) is 0.791. The van der Waals surface area contributed by atoms with Gasteiger partial charge >= 0.3 is 0 Å². The predicted octanol–water partition coefficient (Wildman–Crippen LogP) is 2.98. The van der Waals surface area contributed by atoms with Gasteiger partial charge < -0.3 is 14.6 Å². The van der Waals surface area contributed by atoms with Gasteiger partial charge in [0.15, 0.2) is 0 Å².